The van der Waals surface area contributed by atoms with Gasteiger partial charge < -0.3 is 4.74 Å². The summed E-state index contributed by atoms with van der Waals surface area (Å²) in [6, 6.07) is 8.96. The highest BCUT2D eigenvalue weighted by atomic mass is 16.6. The zero-order chi connectivity index (χ0) is 23.6. The lowest BCUT2D eigenvalue weighted by Crippen LogP contribution is -2.60. The van der Waals surface area contributed by atoms with Crippen molar-refractivity contribution in [1.82, 2.24) is 0 Å². The summed E-state index contributed by atoms with van der Waals surface area (Å²) in [7, 11) is 0. The second-order valence-corrected chi connectivity index (χ2v) is 11.2. The van der Waals surface area contributed by atoms with Gasteiger partial charge in [-0.25, -0.2) is 4.79 Å². The van der Waals surface area contributed by atoms with E-state index in [0.717, 1.165) is 37.7 Å². The number of fused-ring (bicyclic) bond motifs is 5. The summed E-state index contributed by atoms with van der Waals surface area (Å²) in [6.45, 7) is 8.06. The van der Waals surface area contributed by atoms with Gasteiger partial charge in [0, 0.05) is 11.8 Å². The number of allylic oxidation sites excluding steroid dienone is 3. The van der Waals surface area contributed by atoms with E-state index in [1.54, 1.807) is 19.1 Å². The summed E-state index contributed by atoms with van der Waals surface area (Å²) in [5.41, 5.74) is 1.04. The van der Waals surface area contributed by atoms with Crippen LogP contribution in [0.2, 0.25) is 0 Å². The highest BCUT2D eigenvalue weighted by molar-refractivity contribution is 5.97. The molecule has 0 aliphatic heterocycles. The van der Waals surface area contributed by atoms with Crippen LogP contribution in [0, 0.1) is 28.6 Å². The summed E-state index contributed by atoms with van der Waals surface area (Å²) in [4.78, 5) is 38.6. The third kappa shape index (κ3) is 2.98. The van der Waals surface area contributed by atoms with Crippen LogP contribution >= 0.6 is 0 Å². The smallest absolute Gasteiger partial charge is 0.339 e. The predicted octanol–water partition coefficient (Wildman–Crippen LogP) is 5.87. The van der Waals surface area contributed by atoms with Gasteiger partial charge in [0.15, 0.2) is 17.2 Å². The number of ether oxygens (including phenoxy) is 1. The van der Waals surface area contributed by atoms with Gasteiger partial charge in [0.25, 0.3) is 0 Å². The van der Waals surface area contributed by atoms with Crippen molar-refractivity contribution >= 4 is 17.5 Å². The molecule has 2 fully saturated rings. The molecule has 0 N–H and O–H groups in total. The van der Waals surface area contributed by atoms with Crippen LogP contribution in [0.4, 0.5) is 0 Å². The summed E-state index contributed by atoms with van der Waals surface area (Å²) in [5, 5.41) is 0. The highest BCUT2D eigenvalue weighted by Gasteiger charge is 2.67. The zero-order valence-corrected chi connectivity index (χ0v) is 20.1. The van der Waals surface area contributed by atoms with Gasteiger partial charge in [-0.15, -0.1) is 0 Å². The molecule has 0 aromatic heterocycles. The minimum Gasteiger partial charge on any atom is -0.442 e. The van der Waals surface area contributed by atoms with Crippen molar-refractivity contribution < 1.29 is 19.1 Å². The molecule has 4 nitrogen and oxygen atoms in total. The molecule has 0 radical (unpaired) electrons. The Kier molecular flexibility index (Phi) is 5.08. The van der Waals surface area contributed by atoms with Gasteiger partial charge >= 0.3 is 5.97 Å². The number of benzene rings is 1. The maximum Gasteiger partial charge on any atom is 0.339 e. The van der Waals surface area contributed by atoms with E-state index >= 15 is 0 Å². The lowest BCUT2D eigenvalue weighted by atomic mass is 9.46. The molecular formula is C29H34O4. The van der Waals surface area contributed by atoms with Crippen molar-refractivity contribution in [1.29, 1.82) is 0 Å². The third-order valence-corrected chi connectivity index (χ3v) is 9.75. The minimum absolute atomic E-state index is 0.0576. The van der Waals surface area contributed by atoms with Crippen LogP contribution in [0.3, 0.4) is 0 Å². The van der Waals surface area contributed by atoms with Crippen LogP contribution in [-0.4, -0.2) is 23.1 Å². The van der Waals surface area contributed by atoms with E-state index in [9.17, 15) is 14.4 Å². The van der Waals surface area contributed by atoms with Gasteiger partial charge in [-0.05, 0) is 92.9 Å². The van der Waals surface area contributed by atoms with Gasteiger partial charge in [-0.3, -0.25) is 9.59 Å². The van der Waals surface area contributed by atoms with Crippen molar-refractivity contribution in [3.8, 4) is 0 Å². The van der Waals surface area contributed by atoms with Gasteiger partial charge in [0.05, 0.1) is 5.56 Å². The summed E-state index contributed by atoms with van der Waals surface area (Å²) in [6.07, 6.45) is 9.50. The molecule has 4 aliphatic rings. The first-order chi connectivity index (χ1) is 15.6. The molecular weight excluding hydrogens is 412 g/mol. The summed E-state index contributed by atoms with van der Waals surface area (Å²) >= 11 is 0. The van der Waals surface area contributed by atoms with E-state index in [-0.39, 0.29) is 22.9 Å². The zero-order valence-electron chi connectivity index (χ0n) is 20.1. The molecule has 0 saturated heterocycles. The SMILES string of the molecule is CC(=O)[C@@]1(OC(=O)c2ccccc2)C(C)=C[C@H]2[C@@H]3CCC4=CC(=O)CC[C@]4(C)[C@H]3CC[C@@]21C. The Balaban J connectivity index is 1.52. The molecule has 2 saturated carbocycles. The van der Waals surface area contributed by atoms with Crippen molar-refractivity contribution in [3.05, 3.63) is 59.2 Å². The Labute approximate surface area is 196 Å². The number of carbonyl (C=O) groups is 3. The molecule has 0 unspecified atom stereocenters. The molecule has 6 atom stereocenters. The molecule has 4 aliphatic carbocycles. The second-order valence-electron chi connectivity index (χ2n) is 11.2. The molecule has 0 bridgehead atoms. The highest BCUT2D eigenvalue weighted by Crippen LogP contribution is 2.67. The van der Waals surface area contributed by atoms with Crippen LogP contribution in [0.5, 0.6) is 0 Å². The molecule has 0 amide bonds. The fourth-order valence-electron chi connectivity index (χ4n) is 8.09. The Morgan fingerprint density at radius 3 is 2.45 bits per heavy atom. The van der Waals surface area contributed by atoms with E-state index < -0.39 is 17.0 Å². The molecule has 0 heterocycles. The molecule has 0 spiro atoms. The number of hydrogen-bond acceptors (Lipinski definition) is 4. The molecule has 5 rings (SSSR count). The molecule has 1 aromatic carbocycles. The molecule has 33 heavy (non-hydrogen) atoms. The van der Waals surface area contributed by atoms with Crippen molar-refractivity contribution in [2.45, 2.75) is 71.8 Å². The first-order valence-electron chi connectivity index (χ1n) is 12.4. The van der Waals surface area contributed by atoms with Crippen LogP contribution in [0.15, 0.2) is 53.6 Å². The van der Waals surface area contributed by atoms with E-state index in [1.807, 2.05) is 31.2 Å². The van der Waals surface area contributed by atoms with E-state index in [0.29, 0.717) is 23.8 Å². The Bertz CT molecular complexity index is 1080. The fourth-order valence-corrected chi connectivity index (χ4v) is 8.09. The van der Waals surface area contributed by atoms with Gasteiger partial charge in [0.1, 0.15) is 0 Å². The second kappa shape index (κ2) is 7.51. The number of hydrogen-bond donors (Lipinski definition) is 0. The summed E-state index contributed by atoms with van der Waals surface area (Å²) < 4.78 is 6.24. The Hall–Kier alpha value is -2.49. The normalized spacial score (nSPS) is 39.5. The van der Waals surface area contributed by atoms with Gasteiger partial charge in [-0.1, -0.05) is 43.7 Å². The maximum atomic E-state index is 13.3. The lowest BCUT2D eigenvalue weighted by molar-refractivity contribution is -0.157. The number of esters is 1. The number of carbonyl (C=O) groups excluding carboxylic acids is 3. The molecule has 174 valence electrons. The van der Waals surface area contributed by atoms with Gasteiger partial charge in [0.2, 0.25) is 0 Å². The summed E-state index contributed by atoms with van der Waals surface area (Å²) in [5.74, 6) is 0.830. The van der Waals surface area contributed by atoms with Crippen molar-refractivity contribution in [2.24, 2.45) is 28.6 Å². The topological polar surface area (TPSA) is 60.4 Å². The lowest BCUT2D eigenvalue weighted by Gasteiger charge is -2.59. The van der Waals surface area contributed by atoms with E-state index in [1.165, 1.54) is 5.57 Å². The average molecular weight is 447 g/mol. The van der Waals surface area contributed by atoms with Crippen molar-refractivity contribution in [2.75, 3.05) is 0 Å². The first kappa shape index (κ1) is 22.3. The standard InChI is InChI=1S/C29H34O4/c1-18-16-25-23-11-10-21-17-22(31)12-14-27(21,3)24(23)13-15-28(25,4)29(18,19(2)30)33-26(32)20-8-6-5-7-9-20/h5-9,16-17,23-25H,10-15H2,1-4H3/t23-,24+,25+,27+,28+,29+/m1/s1. The fraction of sp³-hybridized carbons (Fsp3) is 0.552. The first-order valence-corrected chi connectivity index (χ1v) is 12.4. The quantitative estimate of drug-likeness (QED) is 0.430. The third-order valence-electron chi connectivity index (χ3n) is 9.75. The van der Waals surface area contributed by atoms with E-state index in [2.05, 4.69) is 19.9 Å². The maximum absolute atomic E-state index is 13.3. The Morgan fingerprint density at radius 1 is 1.03 bits per heavy atom. The van der Waals surface area contributed by atoms with Gasteiger partial charge in [-0.2, -0.15) is 0 Å². The predicted molar refractivity (Wildman–Crippen MR) is 127 cm³/mol. The minimum atomic E-state index is -1.23. The largest absolute Gasteiger partial charge is 0.442 e. The monoisotopic (exact) mass is 446 g/mol. The van der Waals surface area contributed by atoms with Crippen LogP contribution in [0.1, 0.15) is 76.6 Å². The number of Topliss-reactive ketones (excluding diaryl/α,β-unsaturated/α-hetero) is 1. The Morgan fingerprint density at radius 2 is 1.76 bits per heavy atom. The van der Waals surface area contributed by atoms with Crippen LogP contribution in [0.25, 0.3) is 0 Å². The van der Waals surface area contributed by atoms with Crippen LogP contribution in [-0.2, 0) is 14.3 Å². The number of rotatable bonds is 3. The number of ketones is 2. The van der Waals surface area contributed by atoms with E-state index in [4.69, 9.17) is 4.74 Å². The van der Waals surface area contributed by atoms with Crippen molar-refractivity contribution in [3.63, 3.8) is 0 Å². The molecule has 1 aromatic rings. The van der Waals surface area contributed by atoms with Crippen LogP contribution < -0.4 is 0 Å². The molecule has 4 heteroatoms. The average Bonchev–Trinajstić information content (AvgIpc) is 3.02.